The van der Waals surface area contributed by atoms with Crippen LogP contribution < -0.4 is 5.32 Å². The summed E-state index contributed by atoms with van der Waals surface area (Å²) < 4.78 is 0. The van der Waals surface area contributed by atoms with Gasteiger partial charge in [0.15, 0.2) is 0 Å². The molecule has 2 aromatic carbocycles. The van der Waals surface area contributed by atoms with Gasteiger partial charge in [0.1, 0.15) is 6.04 Å². The first-order valence-electron chi connectivity index (χ1n) is 11.8. The highest BCUT2D eigenvalue weighted by Crippen LogP contribution is 2.16. The van der Waals surface area contributed by atoms with E-state index in [9.17, 15) is 14.4 Å². The van der Waals surface area contributed by atoms with Crippen LogP contribution in [0.3, 0.4) is 0 Å². The van der Waals surface area contributed by atoms with Crippen LogP contribution in [0.25, 0.3) is 10.8 Å². The van der Waals surface area contributed by atoms with E-state index in [1.807, 2.05) is 30.3 Å². The molecule has 1 atom stereocenters. The van der Waals surface area contributed by atoms with E-state index in [2.05, 4.69) is 19.2 Å². The molecular formula is C26H36N2O4. The normalized spacial score (nSPS) is 11.8. The molecule has 0 aromatic heterocycles. The van der Waals surface area contributed by atoms with Crippen molar-refractivity contribution >= 4 is 28.6 Å². The minimum atomic E-state index is -0.980. The molecule has 2 aromatic rings. The fourth-order valence-corrected chi connectivity index (χ4v) is 3.76. The molecule has 0 spiro atoms. The number of rotatable bonds is 14. The smallest absolute Gasteiger partial charge is 0.303 e. The van der Waals surface area contributed by atoms with Gasteiger partial charge in [-0.3, -0.25) is 14.4 Å². The van der Waals surface area contributed by atoms with Gasteiger partial charge in [0.25, 0.3) is 5.91 Å². The van der Waals surface area contributed by atoms with Gasteiger partial charge < -0.3 is 15.3 Å². The maximum atomic E-state index is 13.3. The lowest BCUT2D eigenvalue weighted by atomic mass is 10.0. The lowest BCUT2D eigenvalue weighted by molar-refractivity contribution is -0.138. The number of hydrogen-bond acceptors (Lipinski definition) is 3. The zero-order valence-corrected chi connectivity index (χ0v) is 19.3. The molecule has 2 amide bonds. The molecule has 0 heterocycles. The number of carboxylic acids is 1. The van der Waals surface area contributed by atoms with E-state index in [0.29, 0.717) is 18.7 Å². The number of aliphatic carboxylic acids is 1. The Morgan fingerprint density at radius 1 is 0.906 bits per heavy atom. The first-order chi connectivity index (χ1) is 15.5. The van der Waals surface area contributed by atoms with Gasteiger partial charge in [-0.25, -0.2) is 0 Å². The van der Waals surface area contributed by atoms with E-state index in [-0.39, 0.29) is 24.7 Å². The topological polar surface area (TPSA) is 86.7 Å². The van der Waals surface area contributed by atoms with Gasteiger partial charge in [-0.15, -0.1) is 0 Å². The molecule has 0 fully saturated rings. The maximum absolute atomic E-state index is 13.3. The second kappa shape index (κ2) is 13.5. The highest BCUT2D eigenvalue weighted by molar-refractivity contribution is 6.00. The van der Waals surface area contributed by atoms with Gasteiger partial charge in [-0.1, -0.05) is 69.9 Å². The van der Waals surface area contributed by atoms with Gasteiger partial charge >= 0.3 is 5.97 Å². The summed E-state index contributed by atoms with van der Waals surface area (Å²) in [6, 6.07) is 12.3. The third-order valence-corrected chi connectivity index (χ3v) is 5.64. The number of carboxylic acid groups (broad SMARTS) is 1. The summed E-state index contributed by atoms with van der Waals surface area (Å²) in [7, 11) is 0. The average molecular weight is 441 g/mol. The second-order valence-corrected chi connectivity index (χ2v) is 8.26. The number of nitrogens with zero attached hydrogens (tertiary/aromatic N) is 1. The fraction of sp³-hybridized carbons (Fsp3) is 0.500. The van der Waals surface area contributed by atoms with Crippen molar-refractivity contribution in [2.24, 2.45) is 0 Å². The van der Waals surface area contributed by atoms with E-state index < -0.39 is 12.0 Å². The molecule has 174 valence electrons. The Hall–Kier alpha value is -2.89. The molecule has 0 radical (unpaired) electrons. The van der Waals surface area contributed by atoms with E-state index in [4.69, 9.17) is 5.11 Å². The standard InChI is InChI=1S/C26H36N2O4/c1-3-5-9-17-28(18-10-6-4-2)26(32)23(15-16-24(29)30)27-25(31)22-14-13-20-11-7-8-12-21(20)19-22/h7-8,11-14,19,23H,3-6,9-10,15-18H2,1-2H3,(H,27,31)(H,29,30)/t23-/m0/s1. The van der Waals surface area contributed by atoms with E-state index in [0.717, 1.165) is 49.3 Å². The number of fused-ring (bicyclic) bond motifs is 1. The van der Waals surface area contributed by atoms with Crippen molar-refractivity contribution in [1.29, 1.82) is 0 Å². The number of nitrogens with one attached hydrogen (secondary N) is 1. The van der Waals surface area contributed by atoms with Gasteiger partial charge in [0.2, 0.25) is 5.91 Å². The second-order valence-electron chi connectivity index (χ2n) is 8.26. The Morgan fingerprint density at radius 2 is 1.53 bits per heavy atom. The minimum absolute atomic E-state index is 0.0749. The number of amides is 2. The zero-order chi connectivity index (χ0) is 23.3. The molecule has 0 aliphatic carbocycles. The molecule has 6 nitrogen and oxygen atoms in total. The molecule has 32 heavy (non-hydrogen) atoms. The molecule has 0 saturated heterocycles. The molecule has 0 bridgehead atoms. The Kier molecular flexibility index (Phi) is 10.7. The molecule has 6 heteroatoms. The molecule has 0 saturated carbocycles. The Labute approximate surface area is 191 Å². The van der Waals surface area contributed by atoms with Crippen molar-refractivity contribution < 1.29 is 19.5 Å². The molecular weight excluding hydrogens is 404 g/mol. The number of carbonyl (C=O) groups excluding carboxylic acids is 2. The SMILES string of the molecule is CCCCCN(CCCCC)C(=O)[C@H](CCC(=O)O)NC(=O)c1ccc2ccccc2c1. The third-order valence-electron chi connectivity index (χ3n) is 5.64. The molecule has 0 aliphatic heterocycles. The summed E-state index contributed by atoms with van der Waals surface area (Å²) in [6.45, 7) is 5.49. The third kappa shape index (κ3) is 7.98. The summed E-state index contributed by atoms with van der Waals surface area (Å²) >= 11 is 0. The zero-order valence-electron chi connectivity index (χ0n) is 19.3. The summed E-state index contributed by atoms with van der Waals surface area (Å²) in [5, 5.41) is 13.9. The molecule has 2 N–H and O–H groups in total. The van der Waals surface area contributed by atoms with Gasteiger partial charge in [0, 0.05) is 25.1 Å². The van der Waals surface area contributed by atoms with Crippen LogP contribution in [-0.2, 0) is 9.59 Å². The predicted octanol–water partition coefficient (Wildman–Crippen LogP) is 5.01. The number of hydrogen-bond donors (Lipinski definition) is 2. The monoisotopic (exact) mass is 440 g/mol. The van der Waals surface area contributed by atoms with Crippen molar-refractivity contribution in [3.63, 3.8) is 0 Å². The van der Waals surface area contributed by atoms with Crippen LogP contribution in [0.4, 0.5) is 0 Å². The Morgan fingerprint density at radius 3 is 2.12 bits per heavy atom. The van der Waals surface area contributed by atoms with Gasteiger partial charge in [-0.05, 0) is 42.2 Å². The van der Waals surface area contributed by atoms with Crippen molar-refractivity contribution in [2.45, 2.75) is 71.3 Å². The summed E-state index contributed by atoms with van der Waals surface area (Å²) in [5.74, 6) is -1.53. The lowest BCUT2D eigenvalue weighted by Crippen LogP contribution is -2.49. The van der Waals surface area contributed by atoms with Crippen LogP contribution in [0, 0.1) is 0 Å². The van der Waals surface area contributed by atoms with Crippen LogP contribution in [-0.4, -0.2) is 46.9 Å². The van der Waals surface area contributed by atoms with Crippen LogP contribution in [0.2, 0.25) is 0 Å². The van der Waals surface area contributed by atoms with Crippen LogP contribution >= 0.6 is 0 Å². The minimum Gasteiger partial charge on any atom is -0.481 e. The first-order valence-corrected chi connectivity index (χ1v) is 11.8. The highest BCUT2D eigenvalue weighted by Gasteiger charge is 2.26. The molecule has 0 unspecified atom stereocenters. The van der Waals surface area contributed by atoms with Crippen molar-refractivity contribution in [3.8, 4) is 0 Å². The fourth-order valence-electron chi connectivity index (χ4n) is 3.76. The average Bonchev–Trinajstić information content (AvgIpc) is 2.80. The largest absolute Gasteiger partial charge is 0.481 e. The van der Waals surface area contributed by atoms with Crippen LogP contribution in [0.15, 0.2) is 42.5 Å². The maximum Gasteiger partial charge on any atom is 0.303 e. The van der Waals surface area contributed by atoms with Crippen LogP contribution in [0.5, 0.6) is 0 Å². The highest BCUT2D eigenvalue weighted by atomic mass is 16.4. The Balaban J connectivity index is 2.17. The van der Waals surface area contributed by atoms with Gasteiger partial charge in [-0.2, -0.15) is 0 Å². The van der Waals surface area contributed by atoms with Crippen LogP contribution in [0.1, 0.15) is 75.6 Å². The lowest BCUT2D eigenvalue weighted by Gasteiger charge is -2.28. The summed E-state index contributed by atoms with van der Waals surface area (Å²) in [6.07, 6.45) is 5.87. The van der Waals surface area contributed by atoms with Crippen molar-refractivity contribution in [3.05, 3.63) is 48.0 Å². The summed E-state index contributed by atoms with van der Waals surface area (Å²) in [5.41, 5.74) is 0.459. The molecule has 0 aliphatic rings. The van der Waals surface area contributed by atoms with E-state index in [1.54, 1.807) is 17.0 Å². The van der Waals surface area contributed by atoms with Crippen molar-refractivity contribution in [1.82, 2.24) is 10.2 Å². The summed E-state index contributed by atoms with van der Waals surface area (Å²) in [4.78, 5) is 39.3. The number of benzene rings is 2. The first kappa shape index (κ1) is 25.4. The number of unbranched alkanes of at least 4 members (excludes halogenated alkanes) is 4. The van der Waals surface area contributed by atoms with Gasteiger partial charge in [0.05, 0.1) is 0 Å². The van der Waals surface area contributed by atoms with E-state index >= 15 is 0 Å². The van der Waals surface area contributed by atoms with Crippen molar-refractivity contribution in [2.75, 3.05) is 13.1 Å². The predicted molar refractivity (Wildman–Crippen MR) is 128 cm³/mol. The quantitative estimate of drug-likeness (QED) is 0.404. The number of carbonyl (C=O) groups is 3. The van der Waals surface area contributed by atoms with E-state index in [1.165, 1.54) is 0 Å². The Bertz CT molecular complexity index is 886. The molecule has 2 rings (SSSR count).